The molecule has 1 atom stereocenters. The first-order chi connectivity index (χ1) is 6.09. The Bertz CT molecular complexity index is 178. The molecule has 0 saturated heterocycles. The second kappa shape index (κ2) is 4.46. The van der Waals surface area contributed by atoms with E-state index in [0.717, 1.165) is 12.8 Å². The summed E-state index contributed by atoms with van der Waals surface area (Å²) in [6.07, 6.45) is 3.48. The Balaban J connectivity index is 2.20. The van der Waals surface area contributed by atoms with E-state index in [1.54, 1.807) is 11.9 Å². The van der Waals surface area contributed by atoms with Crippen molar-refractivity contribution in [2.45, 2.75) is 38.3 Å². The van der Waals surface area contributed by atoms with Crippen LogP contribution in [0.2, 0.25) is 0 Å². The van der Waals surface area contributed by atoms with Gasteiger partial charge in [0.2, 0.25) is 0 Å². The average molecular weight is 185 g/mol. The molecule has 0 aliphatic heterocycles. The van der Waals surface area contributed by atoms with Crippen molar-refractivity contribution in [3.8, 4) is 0 Å². The number of hydrogen-bond donors (Lipinski definition) is 2. The van der Waals surface area contributed by atoms with Crippen LogP contribution in [-0.2, 0) is 0 Å². The van der Waals surface area contributed by atoms with Gasteiger partial charge in [0, 0.05) is 25.7 Å². The van der Waals surface area contributed by atoms with Crippen molar-refractivity contribution in [2.24, 2.45) is 5.73 Å². The normalized spacial score (nSPS) is 19.0. The quantitative estimate of drug-likeness (QED) is 0.673. The standard InChI is InChI=1S/C9H19N3O/c1-7(10)6-12(2)9(13)11-8-4-3-5-8/h7-8H,3-6,10H2,1-2H3,(H,11,13). The van der Waals surface area contributed by atoms with Gasteiger partial charge in [-0.3, -0.25) is 0 Å². The SMILES string of the molecule is CC(N)CN(C)C(=O)NC1CCC1. The van der Waals surface area contributed by atoms with Crippen molar-refractivity contribution in [3.63, 3.8) is 0 Å². The second-order valence-electron chi connectivity index (χ2n) is 3.94. The molecule has 0 bridgehead atoms. The molecule has 4 heteroatoms. The first-order valence-corrected chi connectivity index (χ1v) is 4.87. The van der Waals surface area contributed by atoms with Gasteiger partial charge in [-0.1, -0.05) is 0 Å². The topological polar surface area (TPSA) is 58.4 Å². The fraction of sp³-hybridized carbons (Fsp3) is 0.889. The van der Waals surface area contributed by atoms with Crippen LogP contribution in [0, 0.1) is 0 Å². The van der Waals surface area contributed by atoms with Crippen molar-refractivity contribution in [2.75, 3.05) is 13.6 Å². The lowest BCUT2D eigenvalue weighted by Crippen LogP contribution is -2.48. The van der Waals surface area contributed by atoms with Crippen LogP contribution in [0.4, 0.5) is 4.79 Å². The molecule has 1 fully saturated rings. The molecule has 13 heavy (non-hydrogen) atoms. The number of likely N-dealkylation sites (N-methyl/N-ethyl adjacent to an activating group) is 1. The largest absolute Gasteiger partial charge is 0.335 e. The van der Waals surface area contributed by atoms with Gasteiger partial charge in [0.15, 0.2) is 0 Å². The van der Waals surface area contributed by atoms with Crippen molar-refractivity contribution in [1.29, 1.82) is 0 Å². The van der Waals surface area contributed by atoms with Crippen LogP contribution in [0.1, 0.15) is 26.2 Å². The number of hydrogen-bond acceptors (Lipinski definition) is 2. The van der Waals surface area contributed by atoms with Gasteiger partial charge in [0.05, 0.1) is 0 Å². The number of nitrogens with one attached hydrogen (secondary N) is 1. The Kier molecular flexibility index (Phi) is 3.54. The summed E-state index contributed by atoms with van der Waals surface area (Å²) < 4.78 is 0. The summed E-state index contributed by atoms with van der Waals surface area (Å²) in [7, 11) is 1.78. The Hall–Kier alpha value is -0.770. The summed E-state index contributed by atoms with van der Waals surface area (Å²) in [6.45, 7) is 2.51. The van der Waals surface area contributed by atoms with Gasteiger partial charge in [-0.25, -0.2) is 4.79 Å². The van der Waals surface area contributed by atoms with E-state index >= 15 is 0 Å². The Morgan fingerprint density at radius 3 is 2.69 bits per heavy atom. The van der Waals surface area contributed by atoms with Gasteiger partial charge in [-0.15, -0.1) is 0 Å². The third kappa shape index (κ3) is 3.22. The van der Waals surface area contributed by atoms with Gasteiger partial charge in [-0.05, 0) is 26.2 Å². The van der Waals surface area contributed by atoms with E-state index in [4.69, 9.17) is 5.73 Å². The van der Waals surface area contributed by atoms with E-state index in [0.29, 0.717) is 12.6 Å². The molecule has 1 rings (SSSR count). The predicted molar refractivity (Wildman–Crippen MR) is 52.5 cm³/mol. The second-order valence-corrected chi connectivity index (χ2v) is 3.94. The minimum Gasteiger partial charge on any atom is -0.335 e. The Labute approximate surface area is 79.5 Å². The number of nitrogens with zero attached hydrogens (tertiary/aromatic N) is 1. The maximum Gasteiger partial charge on any atom is 0.317 e. The lowest BCUT2D eigenvalue weighted by atomic mass is 9.93. The number of amides is 2. The molecule has 2 amide bonds. The third-order valence-corrected chi connectivity index (χ3v) is 2.34. The zero-order chi connectivity index (χ0) is 9.84. The summed E-state index contributed by atoms with van der Waals surface area (Å²) in [4.78, 5) is 13.1. The number of nitrogens with two attached hydrogens (primary N) is 1. The predicted octanol–water partition coefficient (Wildman–Crippen LogP) is 0.527. The maximum atomic E-state index is 11.4. The van der Waals surface area contributed by atoms with E-state index in [9.17, 15) is 4.79 Å². The van der Waals surface area contributed by atoms with Gasteiger partial charge >= 0.3 is 6.03 Å². The minimum atomic E-state index is 0.00185. The van der Waals surface area contributed by atoms with E-state index < -0.39 is 0 Å². The van der Waals surface area contributed by atoms with Crippen LogP contribution >= 0.6 is 0 Å². The molecule has 1 saturated carbocycles. The fourth-order valence-electron chi connectivity index (χ4n) is 1.35. The number of urea groups is 1. The van der Waals surface area contributed by atoms with Gasteiger partial charge in [0.25, 0.3) is 0 Å². The lowest BCUT2D eigenvalue weighted by Gasteiger charge is -2.29. The van der Waals surface area contributed by atoms with Gasteiger partial charge in [0.1, 0.15) is 0 Å². The highest BCUT2D eigenvalue weighted by Crippen LogP contribution is 2.17. The molecular weight excluding hydrogens is 166 g/mol. The molecule has 0 spiro atoms. The summed E-state index contributed by atoms with van der Waals surface area (Å²) in [5.41, 5.74) is 5.59. The van der Waals surface area contributed by atoms with Crippen molar-refractivity contribution in [1.82, 2.24) is 10.2 Å². The molecule has 3 N–H and O–H groups in total. The molecule has 0 aromatic heterocycles. The zero-order valence-electron chi connectivity index (χ0n) is 8.42. The molecule has 1 aliphatic rings. The Morgan fingerprint density at radius 1 is 1.69 bits per heavy atom. The number of carbonyl (C=O) groups is 1. The fourth-order valence-corrected chi connectivity index (χ4v) is 1.35. The summed E-state index contributed by atoms with van der Waals surface area (Å²) >= 11 is 0. The minimum absolute atomic E-state index is 0.00185. The van der Waals surface area contributed by atoms with Crippen molar-refractivity contribution < 1.29 is 4.79 Å². The highest BCUT2D eigenvalue weighted by atomic mass is 16.2. The van der Waals surface area contributed by atoms with E-state index in [1.807, 2.05) is 6.92 Å². The van der Waals surface area contributed by atoms with Crippen LogP contribution in [-0.4, -0.2) is 36.6 Å². The van der Waals surface area contributed by atoms with Crippen molar-refractivity contribution >= 4 is 6.03 Å². The smallest absolute Gasteiger partial charge is 0.317 e. The van der Waals surface area contributed by atoms with Crippen LogP contribution in [0.15, 0.2) is 0 Å². The van der Waals surface area contributed by atoms with E-state index in [-0.39, 0.29) is 12.1 Å². The molecule has 1 unspecified atom stereocenters. The van der Waals surface area contributed by atoms with E-state index in [1.165, 1.54) is 6.42 Å². The van der Waals surface area contributed by atoms with Gasteiger partial charge < -0.3 is 16.0 Å². The molecule has 4 nitrogen and oxygen atoms in total. The zero-order valence-corrected chi connectivity index (χ0v) is 8.42. The van der Waals surface area contributed by atoms with Crippen LogP contribution in [0.25, 0.3) is 0 Å². The first kappa shape index (κ1) is 10.3. The molecule has 0 aromatic carbocycles. The molecule has 1 aliphatic carbocycles. The first-order valence-electron chi connectivity index (χ1n) is 4.87. The van der Waals surface area contributed by atoms with Crippen LogP contribution < -0.4 is 11.1 Å². The summed E-state index contributed by atoms with van der Waals surface area (Å²) in [5, 5.41) is 2.95. The maximum absolute atomic E-state index is 11.4. The molecule has 0 radical (unpaired) electrons. The van der Waals surface area contributed by atoms with Crippen LogP contribution in [0.5, 0.6) is 0 Å². The number of carbonyl (C=O) groups excluding carboxylic acids is 1. The molecular formula is C9H19N3O. The monoisotopic (exact) mass is 185 g/mol. The lowest BCUT2D eigenvalue weighted by molar-refractivity contribution is 0.194. The molecule has 76 valence electrons. The third-order valence-electron chi connectivity index (χ3n) is 2.34. The van der Waals surface area contributed by atoms with Crippen molar-refractivity contribution in [3.05, 3.63) is 0 Å². The summed E-state index contributed by atoms with van der Waals surface area (Å²) in [5.74, 6) is 0. The van der Waals surface area contributed by atoms with E-state index in [2.05, 4.69) is 5.32 Å². The summed E-state index contributed by atoms with van der Waals surface area (Å²) in [6, 6.07) is 0.446. The average Bonchev–Trinajstić information content (AvgIpc) is 1.94. The van der Waals surface area contributed by atoms with Crippen LogP contribution in [0.3, 0.4) is 0 Å². The highest BCUT2D eigenvalue weighted by molar-refractivity contribution is 5.74. The molecule has 0 heterocycles. The number of rotatable bonds is 3. The highest BCUT2D eigenvalue weighted by Gasteiger charge is 2.21. The molecule has 0 aromatic rings. The van der Waals surface area contributed by atoms with Gasteiger partial charge in [-0.2, -0.15) is 0 Å². The Morgan fingerprint density at radius 2 is 2.31 bits per heavy atom.